The zero-order chi connectivity index (χ0) is 10.0. The van der Waals surface area contributed by atoms with Crippen LogP contribution in [-0.2, 0) is 15.1 Å². The maximum atomic E-state index is 9.21. The van der Waals surface area contributed by atoms with Gasteiger partial charge in [0, 0.05) is 33.2 Å². The first kappa shape index (κ1) is 9.89. The minimum Gasteiger partial charge on any atom is -0.493 e. The van der Waals surface area contributed by atoms with Crippen molar-refractivity contribution in [3.05, 3.63) is 10.4 Å². The van der Waals surface area contributed by atoms with Gasteiger partial charge in [-0.15, -0.1) is 11.3 Å². The van der Waals surface area contributed by atoms with Crippen LogP contribution < -0.4 is 0 Å². The highest BCUT2D eigenvalue weighted by Gasteiger charge is 2.37. The molecule has 2 heterocycles. The van der Waals surface area contributed by atoms with Crippen LogP contribution in [0.5, 0.6) is 5.88 Å². The van der Waals surface area contributed by atoms with Crippen LogP contribution in [0.2, 0.25) is 0 Å². The molecule has 1 fully saturated rings. The molecule has 1 aliphatic rings. The van der Waals surface area contributed by atoms with Crippen molar-refractivity contribution in [2.24, 2.45) is 0 Å². The molecule has 0 spiro atoms. The van der Waals surface area contributed by atoms with Gasteiger partial charge >= 0.3 is 0 Å². The van der Waals surface area contributed by atoms with Gasteiger partial charge in [-0.25, -0.2) is 4.98 Å². The summed E-state index contributed by atoms with van der Waals surface area (Å²) in [6.07, 6.45) is 1.60. The molecule has 1 aromatic rings. The van der Waals surface area contributed by atoms with Crippen LogP contribution in [0.15, 0.2) is 5.38 Å². The fourth-order valence-electron chi connectivity index (χ4n) is 1.68. The van der Waals surface area contributed by atoms with Gasteiger partial charge in [0.15, 0.2) is 0 Å². The number of methoxy groups -OCH3 is 1. The lowest BCUT2D eigenvalue weighted by atomic mass is 9.95. The second-order valence-corrected chi connectivity index (χ2v) is 4.18. The third-order valence-corrected chi connectivity index (χ3v) is 3.59. The van der Waals surface area contributed by atoms with Gasteiger partial charge in [0.2, 0.25) is 5.88 Å². The van der Waals surface area contributed by atoms with Crippen molar-refractivity contribution in [3.63, 3.8) is 0 Å². The van der Waals surface area contributed by atoms with E-state index in [4.69, 9.17) is 9.47 Å². The third-order valence-electron chi connectivity index (χ3n) is 2.57. The van der Waals surface area contributed by atoms with Crippen molar-refractivity contribution >= 4 is 11.3 Å². The van der Waals surface area contributed by atoms with Crippen LogP contribution in [-0.4, -0.2) is 30.4 Å². The van der Waals surface area contributed by atoms with E-state index in [0.29, 0.717) is 13.2 Å². The lowest BCUT2D eigenvalue weighted by molar-refractivity contribution is -0.0949. The van der Waals surface area contributed by atoms with Gasteiger partial charge in [-0.1, -0.05) is 0 Å². The van der Waals surface area contributed by atoms with Crippen molar-refractivity contribution in [1.82, 2.24) is 4.98 Å². The van der Waals surface area contributed by atoms with Crippen molar-refractivity contribution in [1.29, 1.82) is 0 Å². The maximum Gasteiger partial charge on any atom is 0.222 e. The molecule has 0 radical (unpaired) electrons. The Hall–Kier alpha value is -0.650. The monoisotopic (exact) mass is 215 g/mol. The number of hydrogen-bond donors (Lipinski definition) is 1. The first-order valence-corrected chi connectivity index (χ1v) is 5.43. The molecule has 0 amide bonds. The molecule has 1 aliphatic heterocycles. The summed E-state index contributed by atoms with van der Waals surface area (Å²) in [6.45, 7) is 1.38. The Labute approximate surface area is 86.5 Å². The van der Waals surface area contributed by atoms with Gasteiger partial charge in [-0.2, -0.15) is 0 Å². The van der Waals surface area contributed by atoms with Crippen molar-refractivity contribution in [2.45, 2.75) is 18.4 Å². The van der Waals surface area contributed by atoms with E-state index < -0.39 is 0 Å². The summed E-state index contributed by atoms with van der Waals surface area (Å²) in [5, 5.41) is 11.7. The highest BCUT2D eigenvalue weighted by atomic mass is 32.1. The molecule has 0 unspecified atom stereocenters. The fourth-order valence-corrected chi connectivity index (χ4v) is 2.60. The molecule has 2 rings (SSSR count). The second-order valence-electron chi connectivity index (χ2n) is 3.32. The Morgan fingerprint density at radius 2 is 2.29 bits per heavy atom. The number of ether oxygens (including phenoxy) is 2. The fraction of sp³-hybridized carbons (Fsp3) is 0.667. The molecule has 0 aliphatic carbocycles. The van der Waals surface area contributed by atoms with E-state index in [1.165, 1.54) is 11.3 Å². The molecule has 1 N–H and O–H groups in total. The highest BCUT2D eigenvalue weighted by molar-refractivity contribution is 7.10. The Morgan fingerprint density at radius 1 is 1.57 bits per heavy atom. The SMILES string of the molecule is COC1(c2nc(O)cs2)CCOCC1. The highest BCUT2D eigenvalue weighted by Crippen LogP contribution is 2.37. The average Bonchev–Trinajstić information content (AvgIpc) is 2.66. The van der Waals surface area contributed by atoms with Crippen molar-refractivity contribution in [3.8, 4) is 5.88 Å². The number of aromatic nitrogens is 1. The Morgan fingerprint density at radius 3 is 2.79 bits per heavy atom. The first-order valence-electron chi connectivity index (χ1n) is 4.55. The van der Waals surface area contributed by atoms with E-state index >= 15 is 0 Å². The van der Waals surface area contributed by atoms with E-state index in [1.807, 2.05) is 0 Å². The van der Waals surface area contributed by atoms with E-state index in [1.54, 1.807) is 12.5 Å². The van der Waals surface area contributed by atoms with Crippen LogP contribution in [0, 0.1) is 0 Å². The molecule has 4 nitrogen and oxygen atoms in total. The summed E-state index contributed by atoms with van der Waals surface area (Å²) < 4.78 is 10.8. The number of rotatable bonds is 2. The summed E-state index contributed by atoms with van der Waals surface area (Å²) in [4.78, 5) is 4.07. The maximum absolute atomic E-state index is 9.21. The van der Waals surface area contributed by atoms with Crippen LogP contribution >= 0.6 is 11.3 Å². The number of nitrogens with zero attached hydrogens (tertiary/aromatic N) is 1. The minimum atomic E-state index is -0.343. The zero-order valence-corrected chi connectivity index (χ0v) is 8.84. The first-order chi connectivity index (χ1) is 6.77. The van der Waals surface area contributed by atoms with Gasteiger partial charge in [0.1, 0.15) is 10.6 Å². The van der Waals surface area contributed by atoms with Crippen molar-refractivity contribution in [2.75, 3.05) is 20.3 Å². The predicted octanol–water partition coefficient (Wildman–Crippen LogP) is 1.50. The Bertz CT molecular complexity index is 307. The van der Waals surface area contributed by atoms with Gasteiger partial charge < -0.3 is 14.6 Å². The number of aromatic hydroxyl groups is 1. The summed E-state index contributed by atoms with van der Waals surface area (Å²) in [7, 11) is 1.68. The molecule has 0 atom stereocenters. The summed E-state index contributed by atoms with van der Waals surface area (Å²) in [5.74, 6) is 0.0768. The molecular weight excluding hydrogens is 202 g/mol. The quantitative estimate of drug-likeness (QED) is 0.812. The molecule has 0 aromatic carbocycles. The van der Waals surface area contributed by atoms with E-state index in [0.717, 1.165) is 17.8 Å². The predicted molar refractivity (Wildman–Crippen MR) is 52.5 cm³/mol. The number of hydrogen-bond acceptors (Lipinski definition) is 5. The smallest absolute Gasteiger partial charge is 0.222 e. The standard InChI is InChI=1S/C9H13NO3S/c1-12-9(2-4-13-5-3-9)8-10-7(11)6-14-8/h6,11H,2-5H2,1H3. The van der Waals surface area contributed by atoms with Crippen LogP contribution in [0.3, 0.4) is 0 Å². The van der Waals surface area contributed by atoms with Crippen LogP contribution in [0.25, 0.3) is 0 Å². The normalized spacial score (nSPS) is 20.9. The van der Waals surface area contributed by atoms with E-state index in [2.05, 4.69) is 4.98 Å². The average molecular weight is 215 g/mol. The lowest BCUT2D eigenvalue weighted by Gasteiger charge is -2.33. The Balaban J connectivity index is 2.26. The minimum absolute atomic E-state index is 0.0768. The van der Waals surface area contributed by atoms with E-state index in [-0.39, 0.29) is 11.5 Å². The molecule has 1 saturated heterocycles. The van der Waals surface area contributed by atoms with Gasteiger partial charge in [0.25, 0.3) is 0 Å². The molecule has 0 bridgehead atoms. The molecule has 78 valence electrons. The summed E-state index contributed by atoms with van der Waals surface area (Å²) >= 11 is 1.44. The van der Waals surface area contributed by atoms with Gasteiger partial charge in [-0.05, 0) is 0 Å². The van der Waals surface area contributed by atoms with Gasteiger partial charge in [0.05, 0.1) is 5.38 Å². The third kappa shape index (κ3) is 1.63. The van der Waals surface area contributed by atoms with Crippen LogP contribution in [0.4, 0.5) is 0 Å². The van der Waals surface area contributed by atoms with Crippen molar-refractivity contribution < 1.29 is 14.6 Å². The second kappa shape index (κ2) is 3.84. The molecule has 14 heavy (non-hydrogen) atoms. The largest absolute Gasteiger partial charge is 0.493 e. The molecule has 0 saturated carbocycles. The van der Waals surface area contributed by atoms with Crippen LogP contribution in [0.1, 0.15) is 17.8 Å². The topological polar surface area (TPSA) is 51.6 Å². The summed E-state index contributed by atoms with van der Waals surface area (Å²) in [6, 6.07) is 0. The molecule has 1 aromatic heterocycles. The van der Waals surface area contributed by atoms with E-state index in [9.17, 15) is 5.11 Å². The molecular formula is C9H13NO3S. The number of thiazole rings is 1. The zero-order valence-electron chi connectivity index (χ0n) is 8.02. The summed E-state index contributed by atoms with van der Waals surface area (Å²) in [5.41, 5.74) is -0.343. The Kier molecular flexibility index (Phi) is 2.71. The lowest BCUT2D eigenvalue weighted by Crippen LogP contribution is -2.35. The van der Waals surface area contributed by atoms with Gasteiger partial charge in [-0.3, -0.25) is 0 Å². The molecule has 5 heteroatoms.